The van der Waals surface area contributed by atoms with Gasteiger partial charge in [-0.15, -0.1) is 0 Å². The maximum absolute atomic E-state index is 12.1. The number of pyridine rings is 1. The Morgan fingerprint density at radius 3 is 2.24 bits per heavy atom. The van der Waals surface area contributed by atoms with Crippen LogP contribution in [0.2, 0.25) is 0 Å². The number of carbonyl (C=O) groups excluding carboxylic acids is 1. The van der Waals surface area contributed by atoms with Crippen molar-refractivity contribution in [1.29, 1.82) is 0 Å². The van der Waals surface area contributed by atoms with Gasteiger partial charge in [-0.05, 0) is 54.6 Å². The highest BCUT2D eigenvalue weighted by atomic mass is 16.5. The standard InChI is InChI=1S/C22H17N5O2/c28-22(26-16-5-2-1-3-6-16)27-17-8-10-18(11-9-17)29-21-19(7-4-13-24-21)20-12-14-23-15-25-20/h1-15H,(H2,26,27,28). The zero-order chi connectivity index (χ0) is 19.9. The number of carbonyl (C=O) groups is 1. The average Bonchev–Trinajstić information content (AvgIpc) is 2.77. The molecule has 4 rings (SSSR count). The SMILES string of the molecule is O=C(Nc1ccccc1)Nc1ccc(Oc2ncccc2-c2ccncn2)cc1. The highest BCUT2D eigenvalue weighted by Crippen LogP contribution is 2.30. The van der Waals surface area contributed by atoms with Gasteiger partial charge in [-0.2, -0.15) is 0 Å². The van der Waals surface area contributed by atoms with Gasteiger partial charge < -0.3 is 15.4 Å². The number of nitrogens with zero attached hydrogens (tertiary/aromatic N) is 3. The third-order valence-electron chi connectivity index (χ3n) is 3.99. The van der Waals surface area contributed by atoms with Gasteiger partial charge in [0, 0.05) is 23.8 Å². The second kappa shape index (κ2) is 8.62. The van der Waals surface area contributed by atoms with Crippen LogP contribution in [0, 0.1) is 0 Å². The first kappa shape index (κ1) is 18.1. The Hall–Kier alpha value is -4.26. The molecule has 0 saturated heterocycles. The number of benzene rings is 2. The van der Waals surface area contributed by atoms with Crippen LogP contribution in [0.4, 0.5) is 16.2 Å². The number of urea groups is 1. The molecule has 142 valence electrons. The van der Waals surface area contributed by atoms with Gasteiger partial charge in [0.05, 0.1) is 11.3 Å². The van der Waals surface area contributed by atoms with E-state index < -0.39 is 0 Å². The zero-order valence-electron chi connectivity index (χ0n) is 15.3. The Labute approximate surface area is 167 Å². The predicted molar refractivity (Wildman–Crippen MR) is 111 cm³/mol. The van der Waals surface area contributed by atoms with E-state index in [-0.39, 0.29) is 6.03 Å². The molecule has 2 amide bonds. The minimum Gasteiger partial charge on any atom is -0.438 e. The molecule has 7 heteroatoms. The van der Waals surface area contributed by atoms with Crippen molar-refractivity contribution in [2.45, 2.75) is 0 Å². The number of ether oxygens (including phenoxy) is 1. The molecule has 29 heavy (non-hydrogen) atoms. The molecule has 2 aromatic carbocycles. The smallest absolute Gasteiger partial charge is 0.323 e. The van der Waals surface area contributed by atoms with E-state index in [1.807, 2.05) is 42.5 Å². The molecule has 2 aromatic heterocycles. The minimum absolute atomic E-state index is 0.319. The first-order chi connectivity index (χ1) is 14.3. The third-order valence-corrected chi connectivity index (χ3v) is 3.99. The fraction of sp³-hybridized carbons (Fsp3) is 0. The van der Waals surface area contributed by atoms with Crippen molar-refractivity contribution in [1.82, 2.24) is 15.0 Å². The molecule has 0 unspecified atom stereocenters. The summed E-state index contributed by atoms with van der Waals surface area (Å²) in [4.78, 5) is 24.6. The Kier molecular flexibility index (Phi) is 5.39. The summed E-state index contributed by atoms with van der Waals surface area (Å²) < 4.78 is 5.92. The number of nitrogens with one attached hydrogen (secondary N) is 2. The second-order valence-corrected chi connectivity index (χ2v) is 6.02. The van der Waals surface area contributed by atoms with E-state index >= 15 is 0 Å². The summed E-state index contributed by atoms with van der Waals surface area (Å²) in [7, 11) is 0. The fourth-order valence-corrected chi connectivity index (χ4v) is 2.65. The Morgan fingerprint density at radius 1 is 0.759 bits per heavy atom. The van der Waals surface area contributed by atoms with Crippen LogP contribution in [0.3, 0.4) is 0 Å². The largest absolute Gasteiger partial charge is 0.438 e. The van der Waals surface area contributed by atoms with Gasteiger partial charge in [-0.3, -0.25) is 0 Å². The van der Waals surface area contributed by atoms with Crippen LogP contribution in [0.15, 0.2) is 91.5 Å². The predicted octanol–water partition coefficient (Wildman–Crippen LogP) is 4.97. The molecule has 2 N–H and O–H groups in total. The van der Waals surface area contributed by atoms with Crippen molar-refractivity contribution in [3.05, 3.63) is 91.5 Å². The zero-order valence-corrected chi connectivity index (χ0v) is 15.3. The number of amides is 2. The quantitative estimate of drug-likeness (QED) is 0.508. The molecule has 7 nitrogen and oxygen atoms in total. The lowest BCUT2D eigenvalue weighted by Crippen LogP contribution is -2.19. The summed E-state index contributed by atoms with van der Waals surface area (Å²) in [5.41, 5.74) is 2.85. The van der Waals surface area contributed by atoms with Crippen molar-refractivity contribution in [3.8, 4) is 22.9 Å². The summed E-state index contributed by atoms with van der Waals surface area (Å²) in [5, 5.41) is 5.55. The van der Waals surface area contributed by atoms with Gasteiger partial charge in [-0.25, -0.2) is 19.7 Å². The van der Waals surface area contributed by atoms with E-state index in [4.69, 9.17) is 4.74 Å². The van der Waals surface area contributed by atoms with Crippen LogP contribution < -0.4 is 15.4 Å². The first-order valence-electron chi connectivity index (χ1n) is 8.90. The van der Waals surface area contributed by atoms with Crippen molar-refractivity contribution >= 4 is 17.4 Å². The van der Waals surface area contributed by atoms with Gasteiger partial charge >= 0.3 is 6.03 Å². The molecular formula is C22H17N5O2. The molecule has 0 fully saturated rings. The number of hydrogen-bond donors (Lipinski definition) is 2. The highest BCUT2D eigenvalue weighted by molar-refractivity contribution is 5.99. The van der Waals surface area contributed by atoms with Gasteiger partial charge in [-0.1, -0.05) is 18.2 Å². The van der Waals surface area contributed by atoms with Crippen LogP contribution in [-0.4, -0.2) is 21.0 Å². The second-order valence-electron chi connectivity index (χ2n) is 6.02. The van der Waals surface area contributed by atoms with Crippen molar-refractivity contribution < 1.29 is 9.53 Å². The van der Waals surface area contributed by atoms with E-state index in [2.05, 4.69) is 25.6 Å². The Morgan fingerprint density at radius 2 is 1.52 bits per heavy atom. The van der Waals surface area contributed by atoms with Crippen molar-refractivity contribution in [2.75, 3.05) is 10.6 Å². The number of hydrogen-bond acceptors (Lipinski definition) is 5. The van der Waals surface area contributed by atoms with E-state index in [0.29, 0.717) is 17.3 Å². The summed E-state index contributed by atoms with van der Waals surface area (Å²) in [5.74, 6) is 1.03. The van der Waals surface area contributed by atoms with E-state index in [1.54, 1.807) is 42.7 Å². The molecule has 0 aliphatic heterocycles. The summed E-state index contributed by atoms with van der Waals surface area (Å²) in [6.07, 6.45) is 4.80. The summed E-state index contributed by atoms with van der Waals surface area (Å²) in [6.45, 7) is 0. The maximum Gasteiger partial charge on any atom is 0.323 e. The maximum atomic E-state index is 12.1. The van der Waals surface area contributed by atoms with Gasteiger partial charge in [0.25, 0.3) is 0 Å². The van der Waals surface area contributed by atoms with Gasteiger partial charge in [0.1, 0.15) is 12.1 Å². The van der Waals surface area contributed by atoms with Crippen LogP contribution in [-0.2, 0) is 0 Å². The first-order valence-corrected chi connectivity index (χ1v) is 8.90. The van der Waals surface area contributed by atoms with Crippen molar-refractivity contribution in [2.24, 2.45) is 0 Å². The van der Waals surface area contributed by atoms with Crippen molar-refractivity contribution in [3.63, 3.8) is 0 Å². The summed E-state index contributed by atoms with van der Waals surface area (Å²) in [6, 6.07) is 21.5. The molecule has 0 atom stereocenters. The monoisotopic (exact) mass is 383 g/mol. The number of rotatable bonds is 5. The van der Waals surface area contributed by atoms with Crippen LogP contribution in [0.25, 0.3) is 11.3 Å². The van der Waals surface area contributed by atoms with E-state index in [9.17, 15) is 4.79 Å². The molecule has 0 saturated carbocycles. The van der Waals surface area contributed by atoms with Gasteiger partial charge in [0.2, 0.25) is 5.88 Å². The van der Waals surface area contributed by atoms with Crippen LogP contribution in [0.5, 0.6) is 11.6 Å². The minimum atomic E-state index is -0.319. The number of aromatic nitrogens is 3. The van der Waals surface area contributed by atoms with E-state index in [1.165, 1.54) is 6.33 Å². The highest BCUT2D eigenvalue weighted by Gasteiger charge is 2.10. The Bertz CT molecular complexity index is 1090. The molecular weight excluding hydrogens is 366 g/mol. The lowest BCUT2D eigenvalue weighted by atomic mass is 10.2. The van der Waals surface area contributed by atoms with Crippen LogP contribution >= 0.6 is 0 Å². The Balaban J connectivity index is 1.44. The number of para-hydroxylation sites is 1. The summed E-state index contributed by atoms with van der Waals surface area (Å²) >= 11 is 0. The number of anilines is 2. The van der Waals surface area contributed by atoms with Crippen LogP contribution in [0.1, 0.15) is 0 Å². The average molecular weight is 383 g/mol. The molecule has 0 aliphatic carbocycles. The fourth-order valence-electron chi connectivity index (χ4n) is 2.65. The molecule has 0 aliphatic rings. The molecule has 0 spiro atoms. The van der Waals surface area contributed by atoms with E-state index in [0.717, 1.165) is 16.9 Å². The third kappa shape index (κ3) is 4.72. The van der Waals surface area contributed by atoms with Gasteiger partial charge in [0.15, 0.2) is 0 Å². The topological polar surface area (TPSA) is 89.0 Å². The molecule has 2 heterocycles. The lowest BCUT2D eigenvalue weighted by molar-refractivity contribution is 0.262. The normalized spacial score (nSPS) is 10.2. The lowest BCUT2D eigenvalue weighted by Gasteiger charge is -2.11. The molecule has 4 aromatic rings. The molecule has 0 radical (unpaired) electrons. The molecule has 0 bridgehead atoms.